The highest BCUT2D eigenvalue weighted by Gasteiger charge is 2.38. The largest absolute Gasteiger partial charge is 0.418 e. The van der Waals surface area contributed by atoms with E-state index >= 15 is 0 Å². The second-order valence-corrected chi connectivity index (χ2v) is 5.17. The van der Waals surface area contributed by atoms with E-state index in [4.69, 9.17) is 0 Å². The van der Waals surface area contributed by atoms with Crippen LogP contribution in [0.5, 0.6) is 0 Å². The van der Waals surface area contributed by atoms with Crippen LogP contribution in [0.1, 0.15) is 48.5 Å². The highest BCUT2D eigenvalue weighted by atomic mass is 19.4. The summed E-state index contributed by atoms with van der Waals surface area (Å²) in [5.74, 6) is 0. The fourth-order valence-corrected chi connectivity index (χ4v) is 2.32. The van der Waals surface area contributed by atoms with E-state index in [1.165, 1.54) is 12.1 Å². The second kappa shape index (κ2) is 5.85. The number of carbonyl (C=O) groups is 1. The Morgan fingerprint density at radius 2 is 2.05 bits per heavy atom. The lowest BCUT2D eigenvalue weighted by atomic mass is 10.1. The van der Waals surface area contributed by atoms with Crippen molar-refractivity contribution in [3.63, 3.8) is 0 Å². The summed E-state index contributed by atoms with van der Waals surface area (Å²) in [6, 6.07) is 4.05. The van der Waals surface area contributed by atoms with Gasteiger partial charge in [-0.2, -0.15) is 13.2 Å². The van der Waals surface area contributed by atoms with Gasteiger partial charge >= 0.3 is 6.18 Å². The maximum absolute atomic E-state index is 13.2. The van der Waals surface area contributed by atoms with Gasteiger partial charge in [-0.3, -0.25) is 4.79 Å². The van der Waals surface area contributed by atoms with Gasteiger partial charge in [-0.15, -0.1) is 0 Å². The van der Waals surface area contributed by atoms with E-state index in [0.717, 1.165) is 31.7 Å². The van der Waals surface area contributed by atoms with Gasteiger partial charge in [0.05, 0.1) is 5.56 Å². The first-order valence-electron chi connectivity index (χ1n) is 6.90. The third-order valence-corrected chi connectivity index (χ3v) is 3.51. The molecule has 1 fully saturated rings. The number of nitrogens with zero attached hydrogens (tertiary/aromatic N) is 1. The van der Waals surface area contributed by atoms with E-state index in [-0.39, 0.29) is 17.3 Å². The van der Waals surface area contributed by atoms with Crippen molar-refractivity contribution < 1.29 is 18.0 Å². The van der Waals surface area contributed by atoms with Crippen LogP contribution in [0.2, 0.25) is 0 Å². The van der Waals surface area contributed by atoms with Crippen LogP contribution in [0.15, 0.2) is 18.2 Å². The number of halogens is 3. The summed E-state index contributed by atoms with van der Waals surface area (Å²) in [6.07, 6.45) is -0.298. The van der Waals surface area contributed by atoms with Gasteiger partial charge < -0.3 is 4.90 Å². The predicted molar refractivity (Wildman–Crippen MR) is 72.1 cm³/mol. The average molecular weight is 285 g/mol. The molecule has 1 saturated carbocycles. The molecule has 1 aliphatic carbocycles. The van der Waals surface area contributed by atoms with Crippen molar-refractivity contribution in [1.82, 2.24) is 0 Å². The minimum Gasteiger partial charge on any atom is -0.368 e. The summed E-state index contributed by atoms with van der Waals surface area (Å²) < 4.78 is 39.6. The Hall–Kier alpha value is -1.52. The first-order valence-corrected chi connectivity index (χ1v) is 6.90. The zero-order valence-corrected chi connectivity index (χ0v) is 11.4. The molecule has 0 spiro atoms. The van der Waals surface area contributed by atoms with Gasteiger partial charge in [-0.25, -0.2) is 0 Å². The average Bonchev–Trinajstić information content (AvgIpc) is 3.23. The molecule has 0 saturated heterocycles. The standard InChI is InChI=1S/C15H18F3NO/c1-2-3-8-19(12-5-6-12)14-7-4-11(10-20)9-13(14)15(16,17)18/h4,7,9-10,12H,2-3,5-6,8H2,1H3. The molecular weight excluding hydrogens is 267 g/mol. The molecule has 0 radical (unpaired) electrons. The lowest BCUT2D eigenvalue weighted by molar-refractivity contribution is -0.137. The number of aldehydes is 1. The van der Waals surface area contributed by atoms with Crippen LogP contribution in [0.3, 0.4) is 0 Å². The number of unbranched alkanes of at least 4 members (excludes halogenated alkanes) is 1. The fourth-order valence-electron chi connectivity index (χ4n) is 2.32. The molecular formula is C15H18F3NO. The summed E-state index contributed by atoms with van der Waals surface area (Å²) >= 11 is 0. The predicted octanol–water partition coefficient (Wildman–Crippen LogP) is 4.29. The number of carbonyl (C=O) groups excluding carboxylic acids is 1. The van der Waals surface area contributed by atoms with Gasteiger partial charge in [-0.05, 0) is 37.5 Å². The molecule has 0 aromatic heterocycles. The van der Waals surface area contributed by atoms with Crippen LogP contribution in [0, 0.1) is 0 Å². The van der Waals surface area contributed by atoms with Gasteiger partial charge in [0.2, 0.25) is 0 Å². The highest BCUT2D eigenvalue weighted by molar-refractivity contribution is 5.77. The molecule has 0 N–H and O–H groups in total. The first kappa shape index (κ1) is 14.9. The Kier molecular flexibility index (Phi) is 4.35. The smallest absolute Gasteiger partial charge is 0.368 e. The Morgan fingerprint density at radius 1 is 1.35 bits per heavy atom. The molecule has 1 aromatic rings. The highest BCUT2D eigenvalue weighted by Crippen LogP contribution is 2.41. The molecule has 2 rings (SSSR count). The van der Waals surface area contributed by atoms with Crippen LogP contribution in [-0.4, -0.2) is 18.9 Å². The Morgan fingerprint density at radius 3 is 2.55 bits per heavy atom. The molecule has 5 heteroatoms. The molecule has 0 amide bonds. The van der Waals surface area contributed by atoms with E-state index in [0.29, 0.717) is 12.8 Å². The number of rotatable bonds is 6. The van der Waals surface area contributed by atoms with E-state index in [2.05, 4.69) is 0 Å². The summed E-state index contributed by atoms with van der Waals surface area (Å²) in [7, 11) is 0. The number of hydrogen-bond acceptors (Lipinski definition) is 2. The van der Waals surface area contributed by atoms with Gasteiger partial charge in [0.25, 0.3) is 0 Å². The quantitative estimate of drug-likeness (QED) is 0.727. The number of anilines is 1. The van der Waals surface area contributed by atoms with Crippen molar-refractivity contribution in [2.24, 2.45) is 0 Å². The van der Waals surface area contributed by atoms with Gasteiger partial charge in [0, 0.05) is 23.8 Å². The number of alkyl halides is 3. The van der Waals surface area contributed by atoms with E-state index in [1.54, 1.807) is 0 Å². The summed E-state index contributed by atoms with van der Waals surface area (Å²) in [4.78, 5) is 12.6. The Labute approximate surface area is 116 Å². The third-order valence-electron chi connectivity index (χ3n) is 3.51. The second-order valence-electron chi connectivity index (χ2n) is 5.17. The first-order chi connectivity index (χ1) is 9.47. The molecule has 1 aromatic carbocycles. The summed E-state index contributed by atoms with van der Waals surface area (Å²) in [6.45, 7) is 2.65. The van der Waals surface area contributed by atoms with Crippen LogP contribution in [-0.2, 0) is 6.18 Å². The monoisotopic (exact) mass is 285 g/mol. The van der Waals surface area contributed by atoms with Crippen LogP contribution in [0.25, 0.3) is 0 Å². The van der Waals surface area contributed by atoms with Gasteiger partial charge in [0.1, 0.15) is 6.29 Å². The van der Waals surface area contributed by atoms with Crippen molar-refractivity contribution in [1.29, 1.82) is 0 Å². The SMILES string of the molecule is CCCCN(c1ccc(C=O)cc1C(F)(F)F)C1CC1. The van der Waals surface area contributed by atoms with Crippen molar-refractivity contribution in [3.05, 3.63) is 29.3 Å². The third kappa shape index (κ3) is 3.32. The van der Waals surface area contributed by atoms with E-state index in [1.807, 2.05) is 11.8 Å². The molecule has 2 nitrogen and oxygen atoms in total. The van der Waals surface area contributed by atoms with Crippen molar-refractivity contribution in [2.75, 3.05) is 11.4 Å². The van der Waals surface area contributed by atoms with Crippen molar-refractivity contribution in [3.8, 4) is 0 Å². The molecule has 0 aliphatic heterocycles. The minimum atomic E-state index is -4.44. The minimum absolute atomic E-state index is 0.0623. The molecule has 110 valence electrons. The summed E-state index contributed by atoms with van der Waals surface area (Å²) in [5.41, 5.74) is -0.434. The topological polar surface area (TPSA) is 20.3 Å². The molecule has 0 bridgehead atoms. The molecule has 0 unspecified atom stereocenters. The summed E-state index contributed by atoms with van der Waals surface area (Å²) in [5, 5.41) is 0. The van der Waals surface area contributed by atoms with Gasteiger partial charge in [0.15, 0.2) is 0 Å². The zero-order valence-electron chi connectivity index (χ0n) is 11.4. The molecule has 0 heterocycles. The maximum Gasteiger partial charge on any atom is 0.418 e. The normalized spacial score (nSPS) is 15.2. The lowest BCUT2D eigenvalue weighted by Crippen LogP contribution is -2.29. The lowest BCUT2D eigenvalue weighted by Gasteiger charge is -2.28. The Balaban J connectivity index is 2.39. The number of benzene rings is 1. The molecule has 20 heavy (non-hydrogen) atoms. The van der Waals surface area contributed by atoms with Crippen molar-refractivity contribution in [2.45, 2.75) is 44.8 Å². The fraction of sp³-hybridized carbons (Fsp3) is 0.533. The Bertz CT molecular complexity index is 480. The van der Waals surface area contributed by atoms with E-state index < -0.39 is 11.7 Å². The van der Waals surface area contributed by atoms with E-state index in [9.17, 15) is 18.0 Å². The molecule has 1 aliphatic rings. The maximum atomic E-state index is 13.2. The number of hydrogen-bond donors (Lipinski definition) is 0. The van der Waals surface area contributed by atoms with Crippen LogP contribution < -0.4 is 4.90 Å². The van der Waals surface area contributed by atoms with Crippen LogP contribution in [0.4, 0.5) is 18.9 Å². The zero-order chi connectivity index (χ0) is 14.8. The van der Waals surface area contributed by atoms with Gasteiger partial charge in [-0.1, -0.05) is 13.3 Å². The molecule has 0 atom stereocenters. The van der Waals surface area contributed by atoms with Crippen molar-refractivity contribution >= 4 is 12.0 Å². The van der Waals surface area contributed by atoms with Crippen LogP contribution >= 0.6 is 0 Å².